The van der Waals surface area contributed by atoms with Gasteiger partial charge in [0.25, 0.3) is 0 Å². The summed E-state index contributed by atoms with van der Waals surface area (Å²) in [5, 5.41) is 4.16. The molecule has 0 radical (unpaired) electrons. The first-order valence-corrected chi connectivity index (χ1v) is 6.35. The molecule has 0 spiro atoms. The first-order chi connectivity index (χ1) is 7.24. The highest BCUT2D eigenvalue weighted by atomic mass is 32.2. The van der Waals surface area contributed by atoms with Crippen LogP contribution in [0.3, 0.4) is 0 Å². The maximum atomic E-state index is 4.94. The Bertz CT molecular complexity index is 366. The summed E-state index contributed by atoms with van der Waals surface area (Å²) in [5.41, 5.74) is 5.43. The number of oxime groups is 1. The molecule has 0 amide bonds. The zero-order chi connectivity index (χ0) is 10.8. The maximum absolute atomic E-state index is 4.94. The molecule has 0 aromatic carbocycles. The minimum Gasteiger partial charge on any atom is -0.399 e. The molecule has 1 aliphatic heterocycles. The second-order valence-corrected chi connectivity index (χ2v) is 5.21. The van der Waals surface area contributed by atoms with E-state index in [2.05, 4.69) is 19.0 Å². The van der Waals surface area contributed by atoms with E-state index in [1.807, 2.05) is 11.8 Å². The highest BCUT2D eigenvalue weighted by molar-refractivity contribution is 8.03. The van der Waals surface area contributed by atoms with Crippen molar-refractivity contribution in [3.63, 3.8) is 0 Å². The third kappa shape index (κ3) is 1.98. The number of rotatable bonds is 1. The van der Waals surface area contributed by atoms with Gasteiger partial charge in [0, 0.05) is 17.7 Å². The third-order valence-corrected chi connectivity index (χ3v) is 4.29. The summed E-state index contributed by atoms with van der Waals surface area (Å²) >= 11 is 1.99. The zero-order valence-corrected chi connectivity index (χ0v) is 10.4. The predicted molar refractivity (Wildman–Crippen MR) is 66.2 cm³/mol. The Morgan fingerprint density at radius 2 is 2.00 bits per heavy atom. The number of allylic oxidation sites excluding steroid dienone is 4. The number of hydrogen-bond donors (Lipinski definition) is 0. The summed E-state index contributed by atoms with van der Waals surface area (Å²) in [6, 6.07) is 0. The van der Waals surface area contributed by atoms with Crippen molar-refractivity contribution in [1.82, 2.24) is 0 Å². The Morgan fingerprint density at radius 1 is 1.20 bits per heavy atom. The van der Waals surface area contributed by atoms with Crippen LogP contribution in [0.5, 0.6) is 0 Å². The van der Waals surface area contributed by atoms with Crippen LogP contribution in [0.25, 0.3) is 0 Å². The normalized spacial score (nSPS) is 24.6. The zero-order valence-electron chi connectivity index (χ0n) is 9.59. The number of hydrogen-bond acceptors (Lipinski definition) is 3. The number of thioether (sulfide) groups is 1. The number of nitrogens with zero attached hydrogens (tertiary/aromatic N) is 1. The molecule has 0 atom stereocenters. The fraction of sp³-hybridized carbons (Fsp3) is 0.583. The van der Waals surface area contributed by atoms with Crippen LogP contribution in [0.15, 0.2) is 26.8 Å². The fourth-order valence-electron chi connectivity index (χ4n) is 2.16. The standard InChI is InChI=1S/C12H17NOS/c1-8-4-5-11-12(9(8)2)10(13-14-3)6-7-15-11/h4-7H2,1-3H3/b13-10+. The van der Waals surface area contributed by atoms with Gasteiger partial charge in [0.2, 0.25) is 0 Å². The van der Waals surface area contributed by atoms with Crippen molar-refractivity contribution in [3.05, 3.63) is 21.6 Å². The average Bonchev–Trinajstić information content (AvgIpc) is 2.24. The molecule has 0 fully saturated rings. The van der Waals surface area contributed by atoms with Crippen LogP contribution in [-0.4, -0.2) is 18.6 Å². The second-order valence-electron chi connectivity index (χ2n) is 4.02. The maximum Gasteiger partial charge on any atom is 0.106 e. The summed E-state index contributed by atoms with van der Waals surface area (Å²) in [5.74, 6) is 1.15. The molecule has 0 bridgehead atoms. The van der Waals surface area contributed by atoms with E-state index in [0.29, 0.717) is 0 Å². The van der Waals surface area contributed by atoms with Gasteiger partial charge < -0.3 is 4.84 Å². The lowest BCUT2D eigenvalue weighted by molar-refractivity contribution is 0.213. The lowest BCUT2D eigenvalue weighted by Gasteiger charge is -2.27. The smallest absolute Gasteiger partial charge is 0.106 e. The quantitative estimate of drug-likeness (QED) is 0.634. The van der Waals surface area contributed by atoms with Crippen molar-refractivity contribution in [3.8, 4) is 0 Å². The Kier molecular flexibility index (Phi) is 3.19. The van der Waals surface area contributed by atoms with E-state index >= 15 is 0 Å². The van der Waals surface area contributed by atoms with E-state index in [1.54, 1.807) is 7.11 Å². The van der Waals surface area contributed by atoms with Crippen molar-refractivity contribution < 1.29 is 4.84 Å². The largest absolute Gasteiger partial charge is 0.399 e. The molecule has 2 rings (SSSR count). The van der Waals surface area contributed by atoms with Crippen molar-refractivity contribution >= 4 is 17.5 Å². The van der Waals surface area contributed by atoms with Gasteiger partial charge in [-0.05, 0) is 37.2 Å². The molecule has 0 aromatic heterocycles. The molecule has 1 aliphatic carbocycles. The minimum absolute atomic E-state index is 1.03. The van der Waals surface area contributed by atoms with Crippen molar-refractivity contribution in [2.75, 3.05) is 12.9 Å². The van der Waals surface area contributed by atoms with E-state index in [0.717, 1.165) is 17.9 Å². The van der Waals surface area contributed by atoms with Gasteiger partial charge in [0.1, 0.15) is 7.11 Å². The van der Waals surface area contributed by atoms with Gasteiger partial charge in [-0.25, -0.2) is 0 Å². The van der Waals surface area contributed by atoms with Crippen LogP contribution < -0.4 is 0 Å². The molecule has 0 saturated heterocycles. The SMILES string of the molecule is CO/N=C1\CCSC2=C1C(C)=C(C)CC2. The predicted octanol–water partition coefficient (Wildman–Crippen LogP) is 3.51. The van der Waals surface area contributed by atoms with Crippen LogP contribution in [0.1, 0.15) is 33.1 Å². The summed E-state index contributed by atoms with van der Waals surface area (Å²) in [7, 11) is 1.63. The first-order valence-electron chi connectivity index (χ1n) is 5.37. The van der Waals surface area contributed by atoms with Gasteiger partial charge in [0.15, 0.2) is 0 Å². The molecule has 1 heterocycles. The van der Waals surface area contributed by atoms with Gasteiger partial charge in [-0.2, -0.15) is 0 Å². The van der Waals surface area contributed by atoms with Gasteiger partial charge >= 0.3 is 0 Å². The van der Waals surface area contributed by atoms with Crippen LogP contribution in [0.4, 0.5) is 0 Å². The molecule has 2 aliphatic rings. The van der Waals surface area contributed by atoms with E-state index in [-0.39, 0.29) is 0 Å². The lowest BCUT2D eigenvalue weighted by Crippen LogP contribution is -2.16. The topological polar surface area (TPSA) is 21.6 Å². The van der Waals surface area contributed by atoms with Gasteiger partial charge in [-0.15, -0.1) is 11.8 Å². The molecule has 0 N–H and O–H groups in total. The molecular formula is C12H17NOS. The average molecular weight is 223 g/mol. The highest BCUT2D eigenvalue weighted by Gasteiger charge is 2.25. The Balaban J connectivity index is 2.44. The fourth-order valence-corrected chi connectivity index (χ4v) is 3.36. The van der Waals surface area contributed by atoms with E-state index in [1.165, 1.54) is 34.5 Å². The third-order valence-electron chi connectivity index (χ3n) is 3.13. The summed E-state index contributed by atoms with van der Waals surface area (Å²) in [6.45, 7) is 4.43. The Labute approximate surface area is 95.4 Å². The molecule has 3 heteroatoms. The summed E-state index contributed by atoms with van der Waals surface area (Å²) in [6.07, 6.45) is 3.42. The molecule has 0 aromatic rings. The molecule has 15 heavy (non-hydrogen) atoms. The van der Waals surface area contributed by atoms with Crippen molar-refractivity contribution in [2.24, 2.45) is 5.16 Å². The lowest BCUT2D eigenvalue weighted by atomic mass is 9.89. The second kappa shape index (κ2) is 4.44. The van der Waals surface area contributed by atoms with Crippen LogP contribution >= 0.6 is 11.8 Å². The highest BCUT2D eigenvalue weighted by Crippen LogP contribution is 2.40. The van der Waals surface area contributed by atoms with Gasteiger partial charge in [-0.1, -0.05) is 10.7 Å². The van der Waals surface area contributed by atoms with Gasteiger partial charge in [0.05, 0.1) is 5.71 Å². The summed E-state index contributed by atoms with van der Waals surface area (Å²) in [4.78, 5) is 6.45. The molecule has 0 unspecified atom stereocenters. The Hall–Kier alpha value is -0.700. The molecular weight excluding hydrogens is 206 g/mol. The molecule has 2 nitrogen and oxygen atoms in total. The minimum atomic E-state index is 1.03. The van der Waals surface area contributed by atoms with E-state index in [9.17, 15) is 0 Å². The van der Waals surface area contributed by atoms with Gasteiger partial charge in [-0.3, -0.25) is 0 Å². The van der Waals surface area contributed by atoms with E-state index in [4.69, 9.17) is 4.84 Å². The van der Waals surface area contributed by atoms with Crippen LogP contribution in [0, 0.1) is 0 Å². The van der Waals surface area contributed by atoms with Crippen LogP contribution in [0.2, 0.25) is 0 Å². The Morgan fingerprint density at radius 3 is 2.73 bits per heavy atom. The summed E-state index contributed by atoms with van der Waals surface area (Å²) < 4.78 is 0. The molecule has 0 saturated carbocycles. The monoisotopic (exact) mass is 223 g/mol. The van der Waals surface area contributed by atoms with Crippen molar-refractivity contribution in [1.29, 1.82) is 0 Å². The van der Waals surface area contributed by atoms with Crippen LogP contribution in [-0.2, 0) is 4.84 Å². The first kappa shape index (κ1) is 10.8. The molecule has 82 valence electrons. The van der Waals surface area contributed by atoms with Crippen molar-refractivity contribution in [2.45, 2.75) is 33.1 Å². The van der Waals surface area contributed by atoms with E-state index < -0.39 is 0 Å².